The van der Waals surface area contributed by atoms with Crippen LogP contribution in [0.2, 0.25) is 0 Å². The van der Waals surface area contributed by atoms with Crippen molar-refractivity contribution in [3.05, 3.63) is 12.2 Å². The Hall–Kier alpha value is -0.940. The molecule has 0 aliphatic rings. The maximum atomic E-state index is 4.62. The Morgan fingerprint density at radius 3 is 3.08 bits per heavy atom. The highest BCUT2D eigenvalue weighted by Gasteiger charge is 2.02. The van der Waals surface area contributed by atoms with Gasteiger partial charge in [-0.05, 0) is 14.1 Å². The van der Waals surface area contributed by atoms with E-state index in [0.717, 1.165) is 25.5 Å². The molecule has 0 aliphatic carbocycles. The number of likely N-dealkylation sites (N-methyl/N-ethyl adjacent to an activating group) is 2. The Bertz CT molecular complexity index is 199. The molecule has 1 aromatic rings. The van der Waals surface area contributed by atoms with Crippen LogP contribution in [0, 0.1) is 0 Å². The Balaban J connectivity index is 2.22. The maximum Gasteiger partial charge on any atom is 0.213 e. The van der Waals surface area contributed by atoms with Crippen molar-refractivity contribution in [2.75, 3.05) is 27.2 Å². The minimum absolute atomic E-state index is 0.730. The second-order valence-corrected chi connectivity index (χ2v) is 2.69. The minimum atomic E-state index is 0.730. The molecule has 0 unspecified atom stereocenters. The largest absolute Gasteiger partial charge is 0.343 e. The second-order valence-electron chi connectivity index (χ2n) is 2.69. The van der Waals surface area contributed by atoms with Gasteiger partial charge in [0.15, 0.2) is 5.82 Å². The van der Waals surface area contributed by atoms with Gasteiger partial charge in [-0.25, -0.2) is 0 Å². The molecule has 0 aliphatic heterocycles. The van der Waals surface area contributed by atoms with Gasteiger partial charge in [0.1, 0.15) is 0 Å². The Morgan fingerprint density at radius 1 is 1.67 bits per heavy atom. The number of hydrogen-bond donors (Lipinski definition) is 1. The minimum Gasteiger partial charge on any atom is -0.343 e. The Morgan fingerprint density at radius 2 is 2.50 bits per heavy atom. The number of aromatic nitrogens is 2. The van der Waals surface area contributed by atoms with Gasteiger partial charge in [0, 0.05) is 13.1 Å². The van der Waals surface area contributed by atoms with Crippen molar-refractivity contribution in [1.82, 2.24) is 20.4 Å². The molecular weight excluding hydrogens is 156 g/mol. The monoisotopic (exact) mass is 170 g/mol. The summed E-state index contributed by atoms with van der Waals surface area (Å²) in [6.07, 6.45) is 1.35. The molecular formula is C7H14N4O. The van der Waals surface area contributed by atoms with E-state index in [2.05, 4.69) is 24.9 Å². The zero-order valence-electron chi connectivity index (χ0n) is 7.45. The van der Waals surface area contributed by atoms with Gasteiger partial charge < -0.3 is 9.84 Å². The summed E-state index contributed by atoms with van der Waals surface area (Å²) < 4.78 is 4.62. The molecule has 5 heteroatoms. The van der Waals surface area contributed by atoms with E-state index in [1.54, 1.807) is 0 Å². The fraction of sp³-hybridized carbons (Fsp3) is 0.714. The standard InChI is InChI=1S/C7H14N4O/c1-8-3-4-11(2)5-7-9-6-12-10-7/h6,8H,3-5H2,1-2H3. The number of hydrogen-bond acceptors (Lipinski definition) is 5. The van der Waals surface area contributed by atoms with E-state index in [4.69, 9.17) is 0 Å². The first-order chi connectivity index (χ1) is 5.83. The second kappa shape index (κ2) is 4.84. The molecule has 12 heavy (non-hydrogen) atoms. The molecule has 0 fully saturated rings. The van der Waals surface area contributed by atoms with Crippen LogP contribution in [0.3, 0.4) is 0 Å². The summed E-state index contributed by atoms with van der Waals surface area (Å²) in [5.74, 6) is 0.730. The molecule has 1 N–H and O–H groups in total. The van der Waals surface area contributed by atoms with Crippen LogP contribution in [0.15, 0.2) is 10.9 Å². The Labute approximate surface area is 71.8 Å². The van der Waals surface area contributed by atoms with E-state index >= 15 is 0 Å². The van der Waals surface area contributed by atoms with E-state index in [0.29, 0.717) is 0 Å². The average molecular weight is 170 g/mol. The van der Waals surface area contributed by atoms with Crippen molar-refractivity contribution >= 4 is 0 Å². The van der Waals surface area contributed by atoms with E-state index < -0.39 is 0 Å². The van der Waals surface area contributed by atoms with E-state index in [1.165, 1.54) is 6.39 Å². The van der Waals surface area contributed by atoms with E-state index in [1.807, 2.05) is 14.1 Å². The fourth-order valence-corrected chi connectivity index (χ4v) is 0.885. The maximum absolute atomic E-state index is 4.62. The number of nitrogens with zero attached hydrogens (tertiary/aromatic N) is 3. The predicted molar refractivity (Wildman–Crippen MR) is 44.6 cm³/mol. The molecule has 0 atom stereocenters. The first-order valence-corrected chi connectivity index (χ1v) is 3.91. The smallest absolute Gasteiger partial charge is 0.213 e. The molecule has 5 nitrogen and oxygen atoms in total. The van der Waals surface area contributed by atoms with Crippen molar-refractivity contribution < 1.29 is 4.52 Å². The summed E-state index contributed by atoms with van der Waals surface area (Å²) in [6, 6.07) is 0. The van der Waals surface area contributed by atoms with Crippen LogP contribution in [0.1, 0.15) is 5.82 Å². The van der Waals surface area contributed by atoms with Crippen molar-refractivity contribution in [3.63, 3.8) is 0 Å². The average Bonchev–Trinajstić information content (AvgIpc) is 2.53. The summed E-state index contributed by atoms with van der Waals surface area (Å²) in [5.41, 5.74) is 0. The highest BCUT2D eigenvalue weighted by Crippen LogP contribution is 1.93. The predicted octanol–water partition coefficient (Wildman–Crippen LogP) is -0.279. The van der Waals surface area contributed by atoms with Gasteiger partial charge in [0.05, 0.1) is 6.54 Å². The highest BCUT2D eigenvalue weighted by molar-refractivity contribution is 4.76. The first-order valence-electron chi connectivity index (χ1n) is 3.91. The highest BCUT2D eigenvalue weighted by atomic mass is 16.5. The molecule has 0 saturated carbocycles. The van der Waals surface area contributed by atoms with Crippen molar-refractivity contribution in [2.24, 2.45) is 0 Å². The molecule has 1 aromatic heterocycles. The van der Waals surface area contributed by atoms with Crippen LogP contribution >= 0.6 is 0 Å². The van der Waals surface area contributed by atoms with Crippen molar-refractivity contribution in [3.8, 4) is 0 Å². The number of rotatable bonds is 5. The van der Waals surface area contributed by atoms with Gasteiger partial charge in [-0.3, -0.25) is 4.90 Å². The molecule has 0 amide bonds. The molecule has 0 radical (unpaired) electrons. The molecule has 68 valence electrons. The van der Waals surface area contributed by atoms with Crippen LogP contribution < -0.4 is 5.32 Å². The lowest BCUT2D eigenvalue weighted by Crippen LogP contribution is -2.27. The zero-order chi connectivity index (χ0) is 8.81. The molecule has 1 heterocycles. The summed E-state index contributed by atoms with van der Waals surface area (Å²) >= 11 is 0. The third kappa shape index (κ3) is 2.98. The Kier molecular flexibility index (Phi) is 3.69. The first kappa shape index (κ1) is 9.15. The molecule has 0 bridgehead atoms. The quantitative estimate of drug-likeness (QED) is 0.658. The normalized spacial score (nSPS) is 10.9. The number of nitrogens with one attached hydrogen (secondary N) is 1. The van der Waals surface area contributed by atoms with Crippen LogP contribution in [0.25, 0.3) is 0 Å². The third-order valence-electron chi connectivity index (χ3n) is 1.56. The topological polar surface area (TPSA) is 54.2 Å². The van der Waals surface area contributed by atoms with Gasteiger partial charge >= 0.3 is 0 Å². The lowest BCUT2D eigenvalue weighted by molar-refractivity contribution is 0.310. The summed E-state index contributed by atoms with van der Waals surface area (Å²) in [4.78, 5) is 6.05. The van der Waals surface area contributed by atoms with Crippen LogP contribution in [0.5, 0.6) is 0 Å². The van der Waals surface area contributed by atoms with E-state index in [9.17, 15) is 0 Å². The summed E-state index contributed by atoms with van der Waals surface area (Å²) in [5, 5.41) is 6.79. The van der Waals surface area contributed by atoms with E-state index in [-0.39, 0.29) is 0 Å². The zero-order valence-corrected chi connectivity index (χ0v) is 7.45. The molecule has 1 rings (SSSR count). The molecule has 0 aromatic carbocycles. The lowest BCUT2D eigenvalue weighted by atomic mass is 10.5. The van der Waals surface area contributed by atoms with Gasteiger partial charge in [-0.1, -0.05) is 5.16 Å². The van der Waals surface area contributed by atoms with Crippen LogP contribution in [-0.4, -0.2) is 42.2 Å². The molecule has 0 spiro atoms. The summed E-state index contributed by atoms with van der Waals surface area (Å²) in [6.45, 7) is 2.68. The van der Waals surface area contributed by atoms with Gasteiger partial charge in [-0.15, -0.1) is 0 Å². The lowest BCUT2D eigenvalue weighted by Gasteiger charge is -2.12. The van der Waals surface area contributed by atoms with Crippen molar-refractivity contribution in [1.29, 1.82) is 0 Å². The third-order valence-corrected chi connectivity index (χ3v) is 1.56. The van der Waals surface area contributed by atoms with Gasteiger partial charge in [0.2, 0.25) is 6.39 Å². The van der Waals surface area contributed by atoms with Crippen molar-refractivity contribution in [2.45, 2.75) is 6.54 Å². The fourth-order valence-electron chi connectivity index (χ4n) is 0.885. The van der Waals surface area contributed by atoms with Crippen LogP contribution in [0.4, 0.5) is 0 Å². The van der Waals surface area contributed by atoms with Crippen LogP contribution in [-0.2, 0) is 6.54 Å². The van der Waals surface area contributed by atoms with Gasteiger partial charge in [0.25, 0.3) is 0 Å². The summed E-state index contributed by atoms with van der Waals surface area (Å²) in [7, 11) is 3.95. The van der Waals surface area contributed by atoms with Gasteiger partial charge in [-0.2, -0.15) is 4.98 Å². The SMILES string of the molecule is CNCCN(C)Cc1ncon1. The molecule has 0 saturated heterocycles.